The zero-order valence-corrected chi connectivity index (χ0v) is 14.9. The van der Waals surface area contributed by atoms with Crippen molar-refractivity contribution in [1.82, 2.24) is 0 Å². The number of ketones is 1. The Morgan fingerprint density at radius 1 is 1.25 bits per heavy atom. The standard InChI is InChI=1S/C21H29NO2/c1-20-9-7-15(23)11-14(20)3-5-16-17-6-4-13(8-10-22)21(17,2)12-18(24)19(16)20/h8,14-17,19,23H,3-7,9,11-12H2,1-2H3/b13-8+/t14-,15+,16-,17-,19+,20?,21?/m0/s1. The van der Waals surface area contributed by atoms with Gasteiger partial charge in [0.1, 0.15) is 5.78 Å². The molecule has 0 aliphatic heterocycles. The highest BCUT2D eigenvalue weighted by Gasteiger charge is 2.62. The van der Waals surface area contributed by atoms with Gasteiger partial charge in [0, 0.05) is 18.4 Å². The Balaban J connectivity index is 1.70. The van der Waals surface area contributed by atoms with Crippen molar-refractivity contribution in [1.29, 1.82) is 5.26 Å². The lowest BCUT2D eigenvalue weighted by molar-refractivity contribution is -0.157. The van der Waals surface area contributed by atoms with Crippen LogP contribution in [0.25, 0.3) is 0 Å². The average Bonchev–Trinajstić information content (AvgIpc) is 2.84. The van der Waals surface area contributed by atoms with Gasteiger partial charge in [0.05, 0.1) is 12.2 Å². The van der Waals surface area contributed by atoms with Gasteiger partial charge < -0.3 is 5.11 Å². The normalized spacial score (nSPS) is 52.3. The Morgan fingerprint density at radius 2 is 2.04 bits per heavy atom. The van der Waals surface area contributed by atoms with Crippen LogP contribution in [-0.2, 0) is 4.79 Å². The quantitative estimate of drug-likeness (QED) is 0.684. The van der Waals surface area contributed by atoms with Gasteiger partial charge in [-0.2, -0.15) is 5.26 Å². The molecule has 4 saturated carbocycles. The van der Waals surface area contributed by atoms with Crippen LogP contribution in [0, 0.1) is 45.8 Å². The van der Waals surface area contributed by atoms with Gasteiger partial charge in [-0.3, -0.25) is 4.79 Å². The van der Waals surface area contributed by atoms with E-state index in [1.165, 1.54) is 5.57 Å². The summed E-state index contributed by atoms with van der Waals surface area (Å²) in [5, 5.41) is 19.2. The van der Waals surface area contributed by atoms with Crippen LogP contribution in [0.15, 0.2) is 11.6 Å². The molecule has 0 bridgehead atoms. The van der Waals surface area contributed by atoms with E-state index in [2.05, 4.69) is 19.9 Å². The molecule has 130 valence electrons. The lowest BCUT2D eigenvalue weighted by Gasteiger charge is -2.59. The van der Waals surface area contributed by atoms with E-state index in [9.17, 15) is 9.90 Å². The number of carbonyl (C=O) groups excluding carboxylic acids is 1. The molecule has 24 heavy (non-hydrogen) atoms. The summed E-state index contributed by atoms with van der Waals surface area (Å²) < 4.78 is 0. The third-order valence-electron chi connectivity index (χ3n) is 8.41. The molecule has 0 heterocycles. The summed E-state index contributed by atoms with van der Waals surface area (Å²) in [5.74, 6) is 2.17. The second-order valence-electron chi connectivity index (χ2n) is 9.35. The zero-order valence-electron chi connectivity index (χ0n) is 14.9. The van der Waals surface area contributed by atoms with E-state index in [0.717, 1.165) is 44.9 Å². The Labute approximate surface area is 145 Å². The Hall–Kier alpha value is -1.14. The second-order valence-corrected chi connectivity index (χ2v) is 9.35. The molecule has 0 radical (unpaired) electrons. The predicted molar refractivity (Wildman–Crippen MR) is 91.8 cm³/mol. The summed E-state index contributed by atoms with van der Waals surface area (Å²) in [7, 11) is 0. The first-order chi connectivity index (χ1) is 11.4. The van der Waals surface area contributed by atoms with Crippen LogP contribution >= 0.6 is 0 Å². The number of hydrogen-bond acceptors (Lipinski definition) is 3. The van der Waals surface area contributed by atoms with Crippen LogP contribution in [0.3, 0.4) is 0 Å². The highest BCUT2D eigenvalue weighted by atomic mass is 16.3. The van der Waals surface area contributed by atoms with E-state index in [-0.39, 0.29) is 22.9 Å². The van der Waals surface area contributed by atoms with Crippen molar-refractivity contribution >= 4 is 5.78 Å². The number of nitriles is 1. The van der Waals surface area contributed by atoms with Crippen LogP contribution in [0.4, 0.5) is 0 Å². The minimum atomic E-state index is -0.166. The lowest BCUT2D eigenvalue weighted by atomic mass is 9.44. The predicted octanol–water partition coefficient (Wildman–Crippen LogP) is 4.02. The van der Waals surface area contributed by atoms with Gasteiger partial charge >= 0.3 is 0 Å². The number of hydrogen-bond donors (Lipinski definition) is 1. The number of nitrogens with zero attached hydrogens (tertiary/aromatic N) is 1. The molecule has 0 saturated heterocycles. The van der Waals surface area contributed by atoms with Gasteiger partial charge in [0.2, 0.25) is 0 Å². The van der Waals surface area contributed by atoms with Crippen LogP contribution < -0.4 is 0 Å². The summed E-state index contributed by atoms with van der Waals surface area (Å²) in [4.78, 5) is 13.3. The third kappa shape index (κ3) is 2.08. The molecule has 4 rings (SSSR count). The SMILES string of the molecule is CC12CC(=O)[C@H]3[C@@H](CC[C@H]4C[C@H](O)CCC43C)[C@@H]1CC/C2=C\C#N. The molecular formula is C21H29NO2. The lowest BCUT2D eigenvalue weighted by Crippen LogP contribution is -2.57. The number of carbonyl (C=O) groups is 1. The molecule has 0 amide bonds. The molecule has 7 atom stereocenters. The average molecular weight is 327 g/mol. The molecular weight excluding hydrogens is 298 g/mol. The minimum absolute atomic E-state index is 0.0780. The van der Waals surface area contributed by atoms with Gasteiger partial charge in [0.25, 0.3) is 0 Å². The maximum Gasteiger partial charge on any atom is 0.137 e. The smallest absolute Gasteiger partial charge is 0.137 e. The summed E-state index contributed by atoms with van der Waals surface area (Å²) in [5.41, 5.74) is 1.22. The summed E-state index contributed by atoms with van der Waals surface area (Å²) in [6.45, 7) is 4.57. The molecule has 3 heteroatoms. The number of aliphatic hydroxyl groups excluding tert-OH is 1. The van der Waals surface area contributed by atoms with Crippen molar-refractivity contribution in [3.8, 4) is 6.07 Å². The first-order valence-electron chi connectivity index (χ1n) is 9.70. The van der Waals surface area contributed by atoms with Gasteiger partial charge in [-0.25, -0.2) is 0 Å². The number of rotatable bonds is 0. The van der Waals surface area contributed by atoms with Crippen LogP contribution in [0.2, 0.25) is 0 Å². The molecule has 4 fully saturated rings. The monoisotopic (exact) mass is 327 g/mol. The molecule has 3 nitrogen and oxygen atoms in total. The van der Waals surface area contributed by atoms with Crippen molar-refractivity contribution in [2.45, 2.75) is 71.3 Å². The molecule has 1 N–H and O–H groups in total. The molecule has 0 aromatic rings. The fourth-order valence-electron chi connectivity index (χ4n) is 7.21. The first-order valence-corrected chi connectivity index (χ1v) is 9.70. The van der Waals surface area contributed by atoms with Crippen LogP contribution in [0.5, 0.6) is 0 Å². The van der Waals surface area contributed by atoms with Crippen LogP contribution in [0.1, 0.15) is 65.2 Å². The third-order valence-corrected chi connectivity index (χ3v) is 8.41. The Kier molecular flexibility index (Phi) is 3.69. The van der Waals surface area contributed by atoms with Gasteiger partial charge in [-0.05, 0) is 73.5 Å². The summed E-state index contributed by atoms with van der Waals surface area (Å²) in [6.07, 6.45) is 9.33. The second kappa shape index (κ2) is 5.43. The van der Waals surface area contributed by atoms with Gasteiger partial charge in [0.15, 0.2) is 0 Å². The molecule has 0 aromatic heterocycles. The summed E-state index contributed by atoms with van der Waals surface area (Å²) in [6, 6.07) is 2.21. The number of aliphatic hydroxyl groups is 1. The van der Waals surface area contributed by atoms with E-state index in [1.54, 1.807) is 6.08 Å². The number of allylic oxidation sites excluding steroid dienone is 2. The molecule has 0 aromatic carbocycles. The van der Waals surface area contributed by atoms with E-state index >= 15 is 0 Å². The first kappa shape index (κ1) is 16.3. The molecule has 4 aliphatic carbocycles. The van der Waals surface area contributed by atoms with Gasteiger partial charge in [-0.1, -0.05) is 19.4 Å². The van der Waals surface area contributed by atoms with Crippen molar-refractivity contribution in [3.05, 3.63) is 11.6 Å². The van der Waals surface area contributed by atoms with E-state index in [1.807, 2.05) is 0 Å². The molecule has 4 aliphatic rings. The van der Waals surface area contributed by atoms with E-state index in [0.29, 0.717) is 30.0 Å². The number of Topliss-reactive ketones (excluding diaryl/α,β-unsaturated/α-hetero) is 1. The topological polar surface area (TPSA) is 61.1 Å². The van der Waals surface area contributed by atoms with Gasteiger partial charge in [-0.15, -0.1) is 0 Å². The van der Waals surface area contributed by atoms with E-state index < -0.39 is 0 Å². The highest BCUT2D eigenvalue weighted by Crippen LogP contribution is 2.66. The van der Waals surface area contributed by atoms with Crippen LogP contribution in [-0.4, -0.2) is 17.0 Å². The van der Waals surface area contributed by atoms with Crippen molar-refractivity contribution in [2.75, 3.05) is 0 Å². The number of fused-ring (bicyclic) bond motifs is 5. The maximum absolute atomic E-state index is 13.3. The molecule has 0 spiro atoms. The molecule has 2 unspecified atom stereocenters. The largest absolute Gasteiger partial charge is 0.393 e. The fraction of sp³-hybridized carbons (Fsp3) is 0.810. The van der Waals surface area contributed by atoms with E-state index in [4.69, 9.17) is 5.26 Å². The minimum Gasteiger partial charge on any atom is -0.393 e. The zero-order chi connectivity index (χ0) is 17.1. The highest BCUT2D eigenvalue weighted by molar-refractivity contribution is 5.85. The summed E-state index contributed by atoms with van der Waals surface area (Å²) >= 11 is 0. The fourth-order valence-corrected chi connectivity index (χ4v) is 7.21. The Morgan fingerprint density at radius 3 is 2.79 bits per heavy atom. The Bertz CT molecular complexity index is 632. The maximum atomic E-state index is 13.3. The van der Waals surface area contributed by atoms with Crippen molar-refractivity contribution in [2.24, 2.45) is 34.5 Å². The van der Waals surface area contributed by atoms with Crippen molar-refractivity contribution in [3.63, 3.8) is 0 Å². The van der Waals surface area contributed by atoms with Crippen molar-refractivity contribution < 1.29 is 9.90 Å².